The van der Waals surface area contributed by atoms with Gasteiger partial charge in [0.1, 0.15) is 0 Å². The molecular weight excluding hydrogens is 441 g/mol. The Hall–Kier alpha value is -4.13. The van der Waals surface area contributed by atoms with Gasteiger partial charge in [-0.05, 0) is 44.2 Å². The quantitative estimate of drug-likeness (QED) is 0.340. The number of hydrogen-bond acceptors (Lipinski definition) is 2. The molecule has 0 spiro atoms. The minimum atomic E-state index is -4.54. The van der Waals surface area contributed by atoms with Crippen molar-refractivity contribution in [2.24, 2.45) is 0 Å². The predicted octanol–water partition coefficient (Wildman–Crippen LogP) is 6.60. The summed E-state index contributed by atoms with van der Waals surface area (Å²) in [5, 5.41) is 2.76. The fraction of sp³-hybridized carbons (Fsp3) is 0.111. The highest BCUT2D eigenvalue weighted by molar-refractivity contribution is 6.15. The van der Waals surface area contributed by atoms with E-state index in [2.05, 4.69) is 5.32 Å². The summed E-state index contributed by atoms with van der Waals surface area (Å²) >= 11 is 0. The van der Waals surface area contributed by atoms with E-state index in [1.54, 1.807) is 74.5 Å². The standard InChI is InChI=1S/C27H21F3N2O2/c1-17-16-21(18(2)32(17)24-15-9-7-13-22(24)27(28,29)30)26(34)31-23-14-8-6-12-20(23)25(33)19-10-4-3-5-11-19/h3-16H,1-2H3,(H,31,34). The van der Waals surface area contributed by atoms with E-state index in [9.17, 15) is 22.8 Å². The monoisotopic (exact) mass is 462 g/mol. The van der Waals surface area contributed by atoms with Crippen LogP contribution in [0.15, 0.2) is 84.9 Å². The van der Waals surface area contributed by atoms with Crippen molar-refractivity contribution >= 4 is 17.4 Å². The highest BCUT2D eigenvalue weighted by atomic mass is 19.4. The molecule has 34 heavy (non-hydrogen) atoms. The van der Waals surface area contributed by atoms with Gasteiger partial charge in [0, 0.05) is 22.5 Å². The van der Waals surface area contributed by atoms with Gasteiger partial charge in [-0.3, -0.25) is 9.59 Å². The second kappa shape index (κ2) is 9.02. The number of aryl methyl sites for hydroxylation is 1. The lowest BCUT2D eigenvalue weighted by Crippen LogP contribution is -2.16. The normalized spacial score (nSPS) is 11.3. The Kier molecular flexibility index (Phi) is 6.11. The zero-order valence-corrected chi connectivity index (χ0v) is 18.5. The molecule has 4 aromatic rings. The van der Waals surface area contributed by atoms with E-state index in [4.69, 9.17) is 0 Å². The molecule has 0 aliphatic rings. The van der Waals surface area contributed by atoms with Crippen LogP contribution in [-0.4, -0.2) is 16.3 Å². The van der Waals surface area contributed by atoms with E-state index >= 15 is 0 Å². The maximum absolute atomic E-state index is 13.6. The fourth-order valence-corrected chi connectivity index (χ4v) is 4.00. The maximum atomic E-state index is 13.6. The lowest BCUT2D eigenvalue weighted by Gasteiger charge is -2.17. The summed E-state index contributed by atoms with van der Waals surface area (Å²) in [7, 11) is 0. The summed E-state index contributed by atoms with van der Waals surface area (Å²) in [5.74, 6) is -0.766. The first-order valence-electron chi connectivity index (χ1n) is 10.5. The number of ketones is 1. The van der Waals surface area contributed by atoms with Crippen LogP contribution in [-0.2, 0) is 6.18 Å². The van der Waals surface area contributed by atoms with E-state index < -0.39 is 17.6 Å². The number of para-hydroxylation sites is 2. The summed E-state index contributed by atoms with van der Waals surface area (Å²) in [6.07, 6.45) is -4.54. The van der Waals surface area contributed by atoms with Gasteiger partial charge in [-0.2, -0.15) is 13.2 Å². The number of amides is 1. The topological polar surface area (TPSA) is 51.1 Å². The zero-order chi connectivity index (χ0) is 24.5. The molecule has 4 rings (SSSR count). The third-order valence-electron chi connectivity index (χ3n) is 5.58. The van der Waals surface area contributed by atoms with Crippen LogP contribution in [0.5, 0.6) is 0 Å². The Bertz CT molecular complexity index is 1370. The molecule has 0 atom stereocenters. The van der Waals surface area contributed by atoms with Gasteiger partial charge in [-0.25, -0.2) is 0 Å². The predicted molar refractivity (Wildman–Crippen MR) is 125 cm³/mol. The van der Waals surface area contributed by atoms with Crippen LogP contribution in [0.1, 0.15) is 43.2 Å². The van der Waals surface area contributed by atoms with Crippen LogP contribution in [0.3, 0.4) is 0 Å². The number of aromatic nitrogens is 1. The Morgan fingerprint density at radius 1 is 0.794 bits per heavy atom. The van der Waals surface area contributed by atoms with Crippen molar-refractivity contribution in [3.63, 3.8) is 0 Å². The molecule has 3 aromatic carbocycles. The highest BCUT2D eigenvalue weighted by Gasteiger charge is 2.34. The number of halogens is 3. The highest BCUT2D eigenvalue weighted by Crippen LogP contribution is 2.35. The van der Waals surface area contributed by atoms with Gasteiger partial charge in [-0.1, -0.05) is 54.6 Å². The van der Waals surface area contributed by atoms with Gasteiger partial charge in [0.25, 0.3) is 5.91 Å². The van der Waals surface area contributed by atoms with E-state index in [0.717, 1.165) is 6.07 Å². The van der Waals surface area contributed by atoms with Crippen molar-refractivity contribution in [3.05, 3.63) is 119 Å². The number of nitrogens with one attached hydrogen (secondary N) is 1. The van der Waals surface area contributed by atoms with Crippen molar-refractivity contribution in [2.75, 3.05) is 5.32 Å². The molecule has 1 amide bonds. The van der Waals surface area contributed by atoms with Crippen LogP contribution in [0.4, 0.5) is 18.9 Å². The number of carbonyl (C=O) groups excluding carboxylic acids is 2. The molecule has 0 fully saturated rings. The van der Waals surface area contributed by atoms with E-state index in [-0.39, 0.29) is 17.0 Å². The first-order valence-corrected chi connectivity index (χ1v) is 10.5. The maximum Gasteiger partial charge on any atom is 0.418 e. The average molecular weight is 462 g/mol. The van der Waals surface area contributed by atoms with Gasteiger partial charge >= 0.3 is 6.18 Å². The number of carbonyl (C=O) groups is 2. The molecule has 0 unspecified atom stereocenters. The SMILES string of the molecule is Cc1cc(C(=O)Nc2ccccc2C(=O)c2ccccc2)c(C)n1-c1ccccc1C(F)(F)F. The minimum Gasteiger partial charge on any atom is -0.321 e. The summed E-state index contributed by atoms with van der Waals surface area (Å²) in [6, 6.07) is 22.1. The smallest absolute Gasteiger partial charge is 0.321 e. The van der Waals surface area contributed by atoms with Crippen molar-refractivity contribution < 1.29 is 22.8 Å². The molecule has 1 aromatic heterocycles. The van der Waals surface area contributed by atoms with Crippen molar-refractivity contribution in [1.29, 1.82) is 0 Å². The number of anilines is 1. The molecule has 0 bridgehead atoms. The molecule has 7 heteroatoms. The first-order chi connectivity index (χ1) is 16.2. The number of nitrogens with zero attached hydrogens (tertiary/aromatic N) is 1. The Balaban J connectivity index is 1.70. The Labute approximate surface area is 194 Å². The fourth-order valence-electron chi connectivity index (χ4n) is 4.00. The number of benzene rings is 3. The number of rotatable bonds is 5. The molecular formula is C27H21F3N2O2. The summed E-state index contributed by atoms with van der Waals surface area (Å²) in [5.41, 5.74) is 1.33. The Morgan fingerprint density at radius 3 is 2.12 bits per heavy atom. The van der Waals surface area contributed by atoms with Crippen LogP contribution in [0.25, 0.3) is 5.69 Å². The molecule has 172 valence electrons. The third-order valence-corrected chi connectivity index (χ3v) is 5.58. The molecule has 1 heterocycles. The van der Waals surface area contributed by atoms with Gasteiger partial charge in [0.05, 0.1) is 22.5 Å². The third kappa shape index (κ3) is 4.37. The molecule has 0 radical (unpaired) electrons. The average Bonchev–Trinajstić information content (AvgIpc) is 3.12. The van der Waals surface area contributed by atoms with Crippen LogP contribution >= 0.6 is 0 Å². The lowest BCUT2D eigenvalue weighted by atomic mass is 10.0. The van der Waals surface area contributed by atoms with Crippen LogP contribution < -0.4 is 5.32 Å². The first kappa shape index (κ1) is 23.0. The zero-order valence-electron chi connectivity index (χ0n) is 18.5. The van der Waals surface area contributed by atoms with Gasteiger partial charge in [0.2, 0.25) is 0 Å². The lowest BCUT2D eigenvalue weighted by molar-refractivity contribution is -0.137. The van der Waals surface area contributed by atoms with Crippen LogP contribution in [0.2, 0.25) is 0 Å². The number of hydrogen-bond donors (Lipinski definition) is 1. The molecule has 0 saturated heterocycles. The van der Waals surface area contributed by atoms with Crippen molar-refractivity contribution in [3.8, 4) is 5.69 Å². The molecule has 0 saturated carbocycles. The van der Waals surface area contributed by atoms with Gasteiger partial charge in [0.15, 0.2) is 5.78 Å². The minimum absolute atomic E-state index is 0.0521. The van der Waals surface area contributed by atoms with Crippen molar-refractivity contribution in [2.45, 2.75) is 20.0 Å². The van der Waals surface area contributed by atoms with Gasteiger partial charge < -0.3 is 9.88 Å². The summed E-state index contributed by atoms with van der Waals surface area (Å²) in [4.78, 5) is 26.1. The summed E-state index contributed by atoms with van der Waals surface area (Å²) in [6.45, 7) is 3.24. The molecule has 0 aliphatic heterocycles. The second-order valence-electron chi connectivity index (χ2n) is 7.83. The Morgan fingerprint density at radius 2 is 1.41 bits per heavy atom. The molecule has 0 aliphatic carbocycles. The summed E-state index contributed by atoms with van der Waals surface area (Å²) < 4.78 is 42.2. The second-order valence-corrected chi connectivity index (χ2v) is 7.83. The van der Waals surface area contributed by atoms with Crippen molar-refractivity contribution in [1.82, 2.24) is 4.57 Å². The molecule has 1 N–H and O–H groups in total. The number of alkyl halides is 3. The van der Waals surface area contributed by atoms with E-state index in [1.165, 1.54) is 22.8 Å². The molecule has 4 nitrogen and oxygen atoms in total. The van der Waals surface area contributed by atoms with E-state index in [1.807, 2.05) is 0 Å². The van der Waals surface area contributed by atoms with Gasteiger partial charge in [-0.15, -0.1) is 0 Å². The largest absolute Gasteiger partial charge is 0.418 e. The van der Waals surface area contributed by atoms with E-state index in [0.29, 0.717) is 28.2 Å². The van der Waals surface area contributed by atoms with Crippen LogP contribution in [0, 0.1) is 13.8 Å².